The number of ether oxygens (including phenoxy) is 1. The molecule has 0 amide bonds. The van der Waals surface area contributed by atoms with Gasteiger partial charge in [0.2, 0.25) is 0 Å². The number of aryl methyl sites for hydroxylation is 2. The molecule has 0 saturated carbocycles. The molecule has 0 bridgehead atoms. The van der Waals surface area contributed by atoms with E-state index in [4.69, 9.17) is 4.74 Å². The minimum absolute atomic E-state index is 0.0597. The lowest BCUT2D eigenvalue weighted by molar-refractivity contribution is -0.221. The maximum atomic E-state index is 12.7. The predicted molar refractivity (Wildman–Crippen MR) is 114 cm³/mol. The summed E-state index contributed by atoms with van der Waals surface area (Å²) in [6.07, 6.45) is 6.27. The van der Waals surface area contributed by atoms with E-state index in [-0.39, 0.29) is 13.0 Å². The van der Waals surface area contributed by atoms with Gasteiger partial charge in [-0.15, -0.1) is 0 Å². The maximum absolute atomic E-state index is 12.7. The number of rotatable bonds is 13. The molecule has 0 aliphatic rings. The third-order valence-electron chi connectivity index (χ3n) is 5.15. The molecule has 2 aromatic rings. The molecule has 0 N–H and O–H groups in total. The Morgan fingerprint density at radius 1 is 0.833 bits per heavy atom. The van der Waals surface area contributed by atoms with Gasteiger partial charge in [0, 0.05) is 24.6 Å². The molecule has 0 aliphatic carbocycles. The highest BCUT2D eigenvalue weighted by atomic mass is 19.4. The maximum Gasteiger partial charge on any atom is 0.414 e. The van der Waals surface area contributed by atoms with Crippen LogP contribution in [0.2, 0.25) is 0 Å². The van der Waals surface area contributed by atoms with Crippen LogP contribution in [0.1, 0.15) is 69.9 Å². The standard InChI is InChI=1S/C24H33F3N2O/c1-3-5-6-7-8-10-20-17-28-23(29-18-20)21-14-12-19(13-15-21)11-9-16-30-22(4-2)24(25,26)27/h12-15,17-18,22H,3-11,16H2,1-2H3. The molecule has 3 nitrogen and oxygen atoms in total. The molecule has 1 heterocycles. The summed E-state index contributed by atoms with van der Waals surface area (Å²) in [4.78, 5) is 8.97. The molecule has 1 aromatic carbocycles. The molecule has 1 atom stereocenters. The topological polar surface area (TPSA) is 35.0 Å². The van der Waals surface area contributed by atoms with Crippen LogP contribution in [-0.4, -0.2) is 28.9 Å². The first-order valence-electron chi connectivity index (χ1n) is 11.0. The number of unbranched alkanes of at least 4 members (excludes halogenated alkanes) is 4. The Balaban J connectivity index is 1.77. The summed E-state index contributed by atoms with van der Waals surface area (Å²) < 4.78 is 43.0. The van der Waals surface area contributed by atoms with Crippen LogP contribution in [0.3, 0.4) is 0 Å². The zero-order valence-corrected chi connectivity index (χ0v) is 18.0. The van der Waals surface area contributed by atoms with Gasteiger partial charge in [-0.3, -0.25) is 0 Å². The fourth-order valence-corrected chi connectivity index (χ4v) is 3.33. The number of alkyl halides is 3. The van der Waals surface area contributed by atoms with Crippen LogP contribution in [0, 0.1) is 0 Å². The van der Waals surface area contributed by atoms with E-state index >= 15 is 0 Å². The smallest absolute Gasteiger partial charge is 0.369 e. The predicted octanol–water partition coefficient (Wildman–Crippen LogP) is 6.95. The van der Waals surface area contributed by atoms with Crippen molar-refractivity contribution in [3.05, 3.63) is 47.8 Å². The lowest BCUT2D eigenvalue weighted by Gasteiger charge is -2.19. The van der Waals surface area contributed by atoms with Crippen LogP contribution in [0.25, 0.3) is 11.4 Å². The minimum atomic E-state index is -4.29. The summed E-state index contributed by atoms with van der Waals surface area (Å²) in [6.45, 7) is 3.80. The van der Waals surface area contributed by atoms with Crippen molar-refractivity contribution in [3.8, 4) is 11.4 Å². The molecular weight excluding hydrogens is 389 g/mol. The van der Waals surface area contributed by atoms with Gasteiger partial charge in [0.25, 0.3) is 0 Å². The highest BCUT2D eigenvalue weighted by molar-refractivity contribution is 5.55. The average Bonchev–Trinajstić information content (AvgIpc) is 2.73. The SMILES string of the molecule is CCCCCCCc1cnc(-c2ccc(CCCOC(CC)C(F)(F)F)cc2)nc1. The second kappa shape index (κ2) is 12.7. The van der Waals surface area contributed by atoms with Gasteiger partial charge in [0.15, 0.2) is 11.9 Å². The van der Waals surface area contributed by atoms with E-state index in [9.17, 15) is 13.2 Å². The van der Waals surface area contributed by atoms with Crippen LogP contribution in [-0.2, 0) is 17.6 Å². The Morgan fingerprint density at radius 2 is 1.47 bits per heavy atom. The van der Waals surface area contributed by atoms with Crippen LogP contribution in [0.15, 0.2) is 36.7 Å². The van der Waals surface area contributed by atoms with Gasteiger partial charge in [-0.25, -0.2) is 9.97 Å². The Kier molecular flexibility index (Phi) is 10.3. The number of benzene rings is 1. The molecule has 1 unspecified atom stereocenters. The van der Waals surface area contributed by atoms with Crippen molar-refractivity contribution in [2.45, 2.75) is 83.9 Å². The van der Waals surface area contributed by atoms with E-state index in [1.54, 1.807) is 0 Å². The minimum Gasteiger partial charge on any atom is -0.369 e. The quantitative estimate of drug-likeness (QED) is 0.328. The fraction of sp³-hybridized carbons (Fsp3) is 0.583. The first-order chi connectivity index (χ1) is 14.4. The lowest BCUT2D eigenvalue weighted by atomic mass is 10.1. The molecular formula is C24H33F3N2O. The van der Waals surface area contributed by atoms with Crippen molar-refractivity contribution in [1.82, 2.24) is 9.97 Å². The lowest BCUT2D eigenvalue weighted by Crippen LogP contribution is -2.31. The molecule has 0 saturated heterocycles. The molecule has 166 valence electrons. The number of aromatic nitrogens is 2. The van der Waals surface area contributed by atoms with Crippen molar-refractivity contribution >= 4 is 0 Å². The Bertz CT molecular complexity index is 715. The van der Waals surface area contributed by atoms with E-state index in [0.29, 0.717) is 18.7 Å². The van der Waals surface area contributed by atoms with Crippen LogP contribution < -0.4 is 0 Å². The van der Waals surface area contributed by atoms with Gasteiger partial charge in [-0.05, 0) is 43.2 Å². The van der Waals surface area contributed by atoms with E-state index in [1.807, 2.05) is 36.7 Å². The first-order valence-corrected chi connectivity index (χ1v) is 11.0. The third-order valence-corrected chi connectivity index (χ3v) is 5.15. The van der Waals surface area contributed by atoms with Gasteiger partial charge in [-0.1, -0.05) is 63.8 Å². The van der Waals surface area contributed by atoms with Crippen LogP contribution in [0.4, 0.5) is 13.2 Å². The zero-order valence-electron chi connectivity index (χ0n) is 18.0. The number of nitrogens with zero attached hydrogens (tertiary/aromatic N) is 2. The van der Waals surface area contributed by atoms with Crippen molar-refractivity contribution in [2.75, 3.05) is 6.61 Å². The van der Waals surface area contributed by atoms with Gasteiger partial charge >= 0.3 is 6.18 Å². The molecule has 2 rings (SSSR count). The summed E-state index contributed by atoms with van der Waals surface area (Å²) in [5, 5.41) is 0. The Labute approximate surface area is 178 Å². The molecule has 30 heavy (non-hydrogen) atoms. The summed E-state index contributed by atoms with van der Waals surface area (Å²) in [6, 6.07) is 7.86. The second-order valence-electron chi connectivity index (χ2n) is 7.69. The van der Waals surface area contributed by atoms with Crippen molar-refractivity contribution in [2.24, 2.45) is 0 Å². The normalized spacial score (nSPS) is 12.8. The average molecular weight is 423 g/mol. The molecule has 0 fully saturated rings. The third kappa shape index (κ3) is 8.42. The fourth-order valence-electron chi connectivity index (χ4n) is 3.33. The highest BCUT2D eigenvalue weighted by Crippen LogP contribution is 2.25. The number of halogens is 3. The Hall–Kier alpha value is -1.95. The molecule has 0 aliphatic heterocycles. The largest absolute Gasteiger partial charge is 0.414 e. The van der Waals surface area contributed by atoms with Gasteiger partial charge in [-0.2, -0.15) is 13.2 Å². The monoisotopic (exact) mass is 422 g/mol. The zero-order chi connectivity index (χ0) is 21.8. The first kappa shape index (κ1) is 24.3. The van der Waals surface area contributed by atoms with Crippen molar-refractivity contribution in [1.29, 1.82) is 0 Å². The van der Waals surface area contributed by atoms with E-state index in [2.05, 4.69) is 16.9 Å². The number of hydrogen-bond acceptors (Lipinski definition) is 3. The van der Waals surface area contributed by atoms with Gasteiger partial charge in [0.1, 0.15) is 0 Å². The summed E-state index contributed by atoms with van der Waals surface area (Å²) in [5.74, 6) is 0.690. The molecule has 0 radical (unpaired) electrons. The van der Waals surface area contributed by atoms with Crippen LogP contribution >= 0.6 is 0 Å². The Morgan fingerprint density at radius 3 is 2.07 bits per heavy atom. The summed E-state index contributed by atoms with van der Waals surface area (Å²) in [5.41, 5.74) is 3.16. The van der Waals surface area contributed by atoms with Crippen molar-refractivity contribution in [3.63, 3.8) is 0 Å². The molecule has 6 heteroatoms. The van der Waals surface area contributed by atoms with Gasteiger partial charge in [0.05, 0.1) is 0 Å². The number of hydrogen-bond donors (Lipinski definition) is 0. The highest BCUT2D eigenvalue weighted by Gasteiger charge is 2.38. The second-order valence-corrected chi connectivity index (χ2v) is 7.69. The summed E-state index contributed by atoms with van der Waals surface area (Å²) in [7, 11) is 0. The van der Waals surface area contributed by atoms with Crippen LogP contribution in [0.5, 0.6) is 0 Å². The van der Waals surface area contributed by atoms with E-state index < -0.39 is 12.3 Å². The summed E-state index contributed by atoms with van der Waals surface area (Å²) >= 11 is 0. The van der Waals surface area contributed by atoms with E-state index in [1.165, 1.54) is 39.0 Å². The molecule has 1 aromatic heterocycles. The molecule has 0 spiro atoms. The van der Waals surface area contributed by atoms with Crippen molar-refractivity contribution < 1.29 is 17.9 Å². The van der Waals surface area contributed by atoms with E-state index in [0.717, 1.165) is 23.1 Å². The van der Waals surface area contributed by atoms with Gasteiger partial charge < -0.3 is 4.74 Å².